The second-order valence-electron chi connectivity index (χ2n) is 3.21. The van der Waals surface area contributed by atoms with E-state index in [4.69, 9.17) is 5.26 Å². The topological polar surface area (TPSA) is 44.0 Å². The van der Waals surface area contributed by atoms with Gasteiger partial charge in [0, 0.05) is 0 Å². The molecule has 0 aliphatic carbocycles. The molecule has 0 spiro atoms. The van der Waals surface area contributed by atoms with Crippen LogP contribution in [0, 0.1) is 11.3 Å². The Morgan fingerprint density at radius 1 is 1.64 bits per heavy atom. The van der Waals surface area contributed by atoms with Crippen molar-refractivity contribution in [3.63, 3.8) is 0 Å². The van der Waals surface area contributed by atoms with Gasteiger partial charge in [0.1, 0.15) is 5.60 Å². The maximum Gasteiger partial charge on any atom is 0.148 e. The number of rotatable bonds is 3. The van der Waals surface area contributed by atoms with Gasteiger partial charge in [-0.15, -0.1) is 0 Å². The van der Waals surface area contributed by atoms with Crippen molar-refractivity contribution in [1.29, 1.82) is 5.26 Å². The van der Waals surface area contributed by atoms with Gasteiger partial charge in [0.25, 0.3) is 0 Å². The Balaban J connectivity index is 3.74. The molecule has 11 heavy (non-hydrogen) atoms. The van der Waals surface area contributed by atoms with E-state index in [2.05, 4.69) is 0 Å². The highest BCUT2D eigenvalue weighted by atomic mass is 16.3. The van der Waals surface area contributed by atoms with Gasteiger partial charge in [0.15, 0.2) is 0 Å². The van der Waals surface area contributed by atoms with Crippen molar-refractivity contribution in [1.82, 2.24) is 0 Å². The monoisotopic (exact) mass is 153 g/mol. The van der Waals surface area contributed by atoms with E-state index >= 15 is 0 Å². The zero-order chi connectivity index (χ0) is 8.91. The summed E-state index contributed by atoms with van der Waals surface area (Å²) in [5.41, 5.74) is 0.0603. The van der Waals surface area contributed by atoms with Gasteiger partial charge in [-0.05, 0) is 33.6 Å². The number of nitriles is 1. The third-order valence-corrected chi connectivity index (χ3v) is 1.42. The van der Waals surface area contributed by atoms with E-state index in [1.54, 1.807) is 0 Å². The van der Waals surface area contributed by atoms with Crippen LogP contribution in [0.15, 0.2) is 11.6 Å². The molecule has 1 atom stereocenters. The second kappa shape index (κ2) is 4.15. The van der Waals surface area contributed by atoms with Crippen LogP contribution in [-0.2, 0) is 0 Å². The standard InChI is InChI=1S/C9H15NO/c1-8(2)5-4-6-9(3,11)7-10/h5,11H,4,6H2,1-3H3/t9-/m0/s1. The lowest BCUT2D eigenvalue weighted by Crippen LogP contribution is -2.20. The average molecular weight is 153 g/mol. The smallest absolute Gasteiger partial charge is 0.148 e. The lowest BCUT2D eigenvalue weighted by molar-refractivity contribution is 0.111. The van der Waals surface area contributed by atoms with Crippen LogP contribution in [0.25, 0.3) is 0 Å². The first-order valence-corrected chi connectivity index (χ1v) is 3.75. The lowest BCUT2D eigenvalue weighted by atomic mass is 10.0. The molecule has 0 saturated carbocycles. The van der Waals surface area contributed by atoms with Crippen LogP contribution in [0.2, 0.25) is 0 Å². The second-order valence-corrected chi connectivity index (χ2v) is 3.21. The van der Waals surface area contributed by atoms with Crippen LogP contribution >= 0.6 is 0 Å². The molecule has 0 aromatic carbocycles. The van der Waals surface area contributed by atoms with Crippen molar-refractivity contribution >= 4 is 0 Å². The highest BCUT2D eigenvalue weighted by Crippen LogP contribution is 2.11. The molecule has 0 aromatic heterocycles. The number of hydrogen-bond acceptors (Lipinski definition) is 2. The van der Waals surface area contributed by atoms with Crippen molar-refractivity contribution in [2.24, 2.45) is 0 Å². The van der Waals surface area contributed by atoms with Crippen LogP contribution in [0.3, 0.4) is 0 Å². The molecule has 0 aromatic rings. The largest absolute Gasteiger partial charge is 0.376 e. The quantitative estimate of drug-likeness (QED) is 0.498. The predicted molar refractivity (Wildman–Crippen MR) is 44.9 cm³/mol. The van der Waals surface area contributed by atoms with Gasteiger partial charge >= 0.3 is 0 Å². The zero-order valence-corrected chi connectivity index (χ0v) is 7.39. The molecule has 0 amide bonds. The Labute approximate surface area is 68.2 Å². The molecular weight excluding hydrogens is 138 g/mol. The number of allylic oxidation sites excluding steroid dienone is 2. The van der Waals surface area contributed by atoms with Gasteiger partial charge in [0.2, 0.25) is 0 Å². The summed E-state index contributed by atoms with van der Waals surface area (Å²) in [5.74, 6) is 0. The van der Waals surface area contributed by atoms with E-state index in [0.29, 0.717) is 6.42 Å². The normalized spacial score (nSPS) is 14.8. The summed E-state index contributed by atoms with van der Waals surface area (Å²) in [6.07, 6.45) is 3.30. The maximum atomic E-state index is 9.25. The summed E-state index contributed by atoms with van der Waals surface area (Å²) in [6, 6.07) is 1.84. The Kier molecular flexibility index (Phi) is 3.84. The van der Waals surface area contributed by atoms with Crippen LogP contribution in [0.5, 0.6) is 0 Å². The van der Waals surface area contributed by atoms with Gasteiger partial charge in [0.05, 0.1) is 6.07 Å². The van der Waals surface area contributed by atoms with Gasteiger partial charge < -0.3 is 5.11 Å². The predicted octanol–water partition coefficient (Wildman–Crippen LogP) is 2.01. The van der Waals surface area contributed by atoms with Crippen molar-refractivity contribution in [3.05, 3.63) is 11.6 Å². The average Bonchev–Trinajstić information content (AvgIpc) is 1.87. The minimum Gasteiger partial charge on any atom is -0.376 e. The van der Waals surface area contributed by atoms with E-state index in [0.717, 1.165) is 6.42 Å². The fourth-order valence-corrected chi connectivity index (χ4v) is 0.698. The molecule has 0 unspecified atom stereocenters. The van der Waals surface area contributed by atoms with E-state index in [-0.39, 0.29) is 0 Å². The summed E-state index contributed by atoms with van der Waals surface area (Å²) >= 11 is 0. The Morgan fingerprint density at radius 2 is 2.18 bits per heavy atom. The molecule has 0 aliphatic rings. The molecule has 1 N–H and O–H groups in total. The fraction of sp³-hybridized carbons (Fsp3) is 0.667. The van der Waals surface area contributed by atoms with Crippen LogP contribution < -0.4 is 0 Å². The number of hydrogen-bond donors (Lipinski definition) is 1. The van der Waals surface area contributed by atoms with Gasteiger partial charge in [-0.2, -0.15) is 5.26 Å². The molecule has 2 nitrogen and oxygen atoms in total. The molecule has 62 valence electrons. The molecule has 0 radical (unpaired) electrons. The molecule has 0 aliphatic heterocycles. The first kappa shape index (κ1) is 10.2. The molecule has 0 fully saturated rings. The first-order valence-electron chi connectivity index (χ1n) is 3.75. The molecule has 0 rings (SSSR count). The van der Waals surface area contributed by atoms with E-state index in [1.807, 2.05) is 26.0 Å². The van der Waals surface area contributed by atoms with E-state index in [9.17, 15) is 5.11 Å². The first-order chi connectivity index (χ1) is 4.98. The summed E-state index contributed by atoms with van der Waals surface area (Å²) in [6.45, 7) is 5.54. The van der Waals surface area contributed by atoms with Gasteiger partial charge in [-0.1, -0.05) is 11.6 Å². The molecule has 0 bridgehead atoms. The van der Waals surface area contributed by atoms with Crippen molar-refractivity contribution in [3.8, 4) is 6.07 Å². The van der Waals surface area contributed by atoms with Crippen LogP contribution in [0.1, 0.15) is 33.6 Å². The SMILES string of the molecule is CC(C)=CCC[C@](C)(O)C#N. The minimum absolute atomic E-state index is 0.509. The number of nitrogens with zero attached hydrogens (tertiary/aromatic N) is 1. The maximum absolute atomic E-state index is 9.25. The summed E-state index contributed by atoms with van der Waals surface area (Å²) in [7, 11) is 0. The summed E-state index contributed by atoms with van der Waals surface area (Å²) in [4.78, 5) is 0. The van der Waals surface area contributed by atoms with E-state index < -0.39 is 5.60 Å². The summed E-state index contributed by atoms with van der Waals surface area (Å²) in [5, 5.41) is 17.7. The summed E-state index contributed by atoms with van der Waals surface area (Å²) < 4.78 is 0. The van der Waals surface area contributed by atoms with Crippen LogP contribution in [-0.4, -0.2) is 10.7 Å². The molecule has 0 heterocycles. The molecular formula is C9H15NO. The van der Waals surface area contributed by atoms with Crippen molar-refractivity contribution in [2.75, 3.05) is 0 Å². The minimum atomic E-state index is -1.16. The zero-order valence-electron chi connectivity index (χ0n) is 7.39. The molecule has 2 heteroatoms. The van der Waals surface area contributed by atoms with Gasteiger partial charge in [-0.25, -0.2) is 0 Å². The third-order valence-electron chi connectivity index (χ3n) is 1.42. The Hall–Kier alpha value is -0.810. The van der Waals surface area contributed by atoms with E-state index in [1.165, 1.54) is 12.5 Å². The third kappa shape index (κ3) is 5.63. The Bertz CT molecular complexity index is 182. The van der Waals surface area contributed by atoms with Gasteiger partial charge in [-0.3, -0.25) is 0 Å². The number of aliphatic hydroxyl groups is 1. The highest BCUT2D eigenvalue weighted by molar-refractivity contribution is 5.00. The van der Waals surface area contributed by atoms with Crippen LogP contribution in [0.4, 0.5) is 0 Å². The Morgan fingerprint density at radius 3 is 2.55 bits per heavy atom. The van der Waals surface area contributed by atoms with Crippen molar-refractivity contribution < 1.29 is 5.11 Å². The highest BCUT2D eigenvalue weighted by Gasteiger charge is 2.16. The lowest BCUT2D eigenvalue weighted by Gasteiger charge is -2.11. The fourth-order valence-electron chi connectivity index (χ4n) is 0.698. The molecule has 0 saturated heterocycles. The van der Waals surface area contributed by atoms with Crippen molar-refractivity contribution in [2.45, 2.75) is 39.2 Å².